The summed E-state index contributed by atoms with van der Waals surface area (Å²) in [6.45, 7) is 19.3. The molecule has 0 atom stereocenters. The number of aryl methyl sites for hydroxylation is 2. The van der Waals surface area contributed by atoms with Gasteiger partial charge in [0.2, 0.25) is 0 Å². The predicted molar refractivity (Wildman–Crippen MR) is 268 cm³/mol. The number of hydrogen-bond donors (Lipinski definition) is 6. The van der Waals surface area contributed by atoms with Crippen molar-refractivity contribution in [1.82, 2.24) is 70.9 Å². The van der Waals surface area contributed by atoms with Crippen molar-refractivity contribution < 1.29 is 0 Å². The molecule has 15 nitrogen and oxygen atoms in total. The van der Waals surface area contributed by atoms with Crippen LogP contribution >= 0.6 is 0 Å². The zero-order chi connectivity index (χ0) is 45.9. The SMILES string of the molecule is C.CC(C)c1[nH]nc2ccncc12.CC(C)c1[nH]nc2ncccc12.CC(C)c1[nH]nc2ncncc12.CC(C)c1n[nH]c2c1CCCC2.Cc1cccc(Nc2n[nH]c3ccccc23)c1. The molecule has 0 radical (unpaired) electrons. The molecule has 8 aromatic heterocycles. The van der Waals surface area contributed by atoms with Gasteiger partial charge in [-0.05, 0) is 110 Å². The van der Waals surface area contributed by atoms with Gasteiger partial charge < -0.3 is 5.32 Å². The van der Waals surface area contributed by atoms with E-state index >= 15 is 0 Å². The van der Waals surface area contributed by atoms with Crippen molar-refractivity contribution in [1.29, 1.82) is 0 Å². The number of aromatic nitrogens is 14. The minimum absolute atomic E-state index is 0. The Morgan fingerprint density at radius 3 is 1.95 bits per heavy atom. The van der Waals surface area contributed by atoms with Gasteiger partial charge >= 0.3 is 0 Å². The van der Waals surface area contributed by atoms with Crippen molar-refractivity contribution >= 4 is 55.4 Å². The first-order valence-electron chi connectivity index (χ1n) is 22.5. The molecule has 0 saturated carbocycles. The molecule has 0 spiro atoms. The topological polar surface area (TPSA) is 207 Å². The molecule has 15 heteroatoms. The Hall–Kier alpha value is -7.29. The van der Waals surface area contributed by atoms with Gasteiger partial charge in [0, 0.05) is 69.4 Å². The van der Waals surface area contributed by atoms with Gasteiger partial charge in [0.05, 0.1) is 22.1 Å². The first kappa shape index (κ1) is 48.2. The van der Waals surface area contributed by atoms with Crippen molar-refractivity contribution in [2.45, 2.75) is 119 Å². The van der Waals surface area contributed by atoms with Gasteiger partial charge in [0.1, 0.15) is 6.33 Å². The normalized spacial score (nSPS) is 11.9. The highest BCUT2D eigenvalue weighted by Gasteiger charge is 2.18. The lowest BCUT2D eigenvalue weighted by molar-refractivity contribution is 0.668. The maximum atomic E-state index is 4.37. The van der Waals surface area contributed by atoms with Crippen LogP contribution in [-0.4, -0.2) is 70.9 Å². The number of nitrogens with one attached hydrogen (secondary N) is 6. The highest BCUT2D eigenvalue weighted by molar-refractivity contribution is 5.91. The number of para-hydroxylation sites is 1. The Morgan fingerprint density at radius 2 is 1.21 bits per heavy atom. The number of benzene rings is 2. The molecule has 344 valence electrons. The van der Waals surface area contributed by atoms with Crippen LogP contribution in [0.3, 0.4) is 0 Å². The van der Waals surface area contributed by atoms with Crippen LogP contribution in [0.25, 0.3) is 43.9 Å². The van der Waals surface area contributed by atoms with Gasteiger partial charge in [-0.2, -0.15) is 25.5 Å². The van der Waals surface area contributed by atoms with Crippen LogP contribution in [0, 0.1) is 6.92 Å². The quantitative estimate of drug-likeness (QED) is 0.0931. The number of rotatable bonds is 6. The van der Waals surface area contributed by atoms with Gasteiger partial charge in [0.15, 0.2) is 17.1 Å². The summed E-state index contributed by atoms with van der Waals surface area (Å²) >= 11 is 0. The largest absolute Gasteiger partial charge is 0.338 e. The minimum atomic E-state index is 0. The summed E-state index contributed by atoms with van der Waals surface area (Å²) in [5.41, 5.74) is 13.5. The van der Waals surface area contributed by atoms with Crippen molar-refractivity contribution in [2.75, 3.05) is 5.32 Å². The lowest BCUT2D eigenvalue weighted by Crippen LogP contribution is -2.03. The van der Waals surface area contributed by atoms with Gasteiger partial charge in [-0.3, -0.25) is 30.5 Å². The van der Waals surface area contributed by atoms with E-state index in [1.165, 1.54) is 54.5 Å². The third-order valence-corrected chi connectivity index (χ3v) is 11.1. The number of nitrogens with zero attached hydrogens (tertiary/aromatic N) is 9. The predicted octanol–water partition coefficient (Wildman–Crippen LogP) is 12.3. The smallest absolute Gasteiger partial charge is 0.184 e. The lowest BCUT2D eigenvalue weighted by atomic mass is 9.93. The van der Waals surface area contributed by atoms with Crippen LogP contribution in [-0.2, 0) is 12.8 Å². The third-order valence-electron chi connectivity index (χ3n) is 11.1. The number of hydrogen-bond acceptors (Lipinski definition) is 10. The van der Waals surface area contributed by atoms with E-state index in [9.17, 15) is 0 Å². The molecular formula is C51H65N15. The molecule has 0 saturated heterocycles. The monoisotopic (exact) mass is 888 g/mol. The van der Waals surface area contributed by atoms with Crippen molar-refractivity contribution in [2.24, 2.45) is 0 Å². The van der Waals surface area contributed by atoms with E-state index in [0.717, 1.165) is 72.5 Å². The first-order chi connectivity index (χ1) is 31.5. The summed E-state index contributed by atoms with van der Waals surface area (Å²) in [6.07, 6.45) is 13.8. The third kappa shape index (κ3) is 11.7. The molecule has 10 aromatic rings. The van der Waals surface area contributed by atoms with E-state index in [-0.39, 0.29) is 7.43 Å². The summed E-state index contributed by atoms with van der Waals surface area (Å²) < 4.78 is 0. The summed E-state index contributed by atoms with van der Waals surface area (Å²) in [5, 5.41) is 43.9. The number of H-pyrrole nitrogens is 5. The fourth-order valence-electron chi connectivity index (χ4n) is 7.74. The molecule has 2 aromatic carbocycles. The van der Waals surface area contributed by atoms with E-state index in [0.29, 0.717) is 23.7 Å². The zero-order valence-corrected chi connectivity index (χ0v) is 38.9. The summed E-state index contributed by atoms with van der Waals surface area (Å²) in [7, 11) is 0. The number of aromatic amines is 5. The fourth-order valence-corrected chi connectivity index (χ4v) is 7.74. The van der Waals surface area contributed by atoms with Crippen LogP contribution < -0.4 is 5.32 Å². The highest BCUT2D eigenvalue weighted by Crippen LogP contribution is 2.27. The minimum Gasteiger partial charge on any atom is -0.338 e. The second kappa shape index (κ2) is 22.6. The van der Waals surface area contributed by atoms with E-state index in [4.69, 9.17) is 0 Å². The second-order valence-corrected chi connectivity index (χ2v) is 17.4. The van der Waals surface area contributed by atoms with Crippen molar-refractivity contribution in [3.8, 4) is 0 Å². The molecule has 0 fully saturated rings. The Balaban J connectivity index is 0.000000137. The average Bonchev–Trinajstić information content (AvgIpc) is 4.17. The zero-order valence-electron chi connectivity index (χ0n) is 38.9. The number of pyridine rings is 2. The van der Waals surface area contributed by atoms with Crippen LogP contribution in [0.2, 0.25) is 0 Å². The number of fused-ring (bicyclic) bond motifs is 5. The Bertz CT molecular complexity index is 2850. The molecule has 66 heavy (non-hydrogen) atoms. The molecule has 0 amide bonds. The maximum absolute atomic E-state index is 4.37. The van der Waals surface area contributed by atoms with Gasteiger partial charge in [0.25, 0.3) is 0 Å². The van der Waals surface area contributed by atoms with Crippen molar-refractivity contribution in [3.05, 3.63) is 137 Å². The fraction of sp³-hybridized carbons (Fsp3) is 0.353. The molecule has 0 bridgehead atoms. The average molecular weight is 888 g/mol. The van der Waals surface area contributed by atoms with Crippen LogP contribution in [0.5, 0.6) is 0 Å². The molecule has 8 heterocycles. The lowest BCUT2D eigenvalue weighted by Gasteiger charge is -2.12. The van der Waals surface area contributed by atoms with Crippen LogP contribution in [0.4, 0.5) is 11.5 Å². The molecule has 11 rings (SSSR count). The van der Waals surface area contributed by atoms with Crippen LogP contribution in [0.15, 0.2) is 97.8 Å². The molecule has 0 aliphatic heterocycles. The molecule has 0 unspecified atom stereocenters. The van der Waals surface area contributed by atoms with Gasteiger partial charge in [-0.15, -0.1) is 0 Å². The maximum Gasteiger partial charge on any atom is 0.184 e. The first-order valence-corrected chi connectivity index (χ1v) is 22.5. The highest BCUT2D eigenvalue weighted by atomic mass is 15.2. The summed E-state index contributed by atoms with van der Waals surface area (Å²) in [4.78, 5) is 16.2. The van der Waals surface area contributed by atoms with E-state index in [2.05, 4.69) is 157 Å². The van der Waals surface area contributed by atoms with Gasteiger partial charge in [-0.1, -0.05) is 87.1 Å². The molecule has 1 aliphatic rings. The van der Waals surface area contributed by atoms with E-state index < -0.39 is 0 Å². The molecular weight excluding hydrogens is 823 g/mol. The van der Waals surface area contributed by atoms with E-state index in [1.807, 2.05) is 54.7 Å². The van der Waals surface area contributed by atoms with Crippen LogP contribution in [0.1, 0.15) is 139 Å². The van der Waals surface area contributed by atoms with Crippen molar-refractivity contribution in [3.63, 3.8) is 0 Å². The van der Waals surface area contributed by atoms with Gasteiger partial charge in [-0.25, -0.2) is 15.0 Å². The summed E-state index contributed by atoms with van der Waals surface area (Å²) in [6, 6.07) is 22.2. The standard InChI is InChI=1S/C14H13N3.C10H16N2.2C9H11N3.C8H10N4.CH4/c1-10-5-4-6-11(9-10)15-14-12-7-2-3-8-13(12)16-17-14;1-7(2)10-8-5-3-4-6-9(8)11-12-10;1-6(2)9-7-5-10-4-3-8(7)11-12-9;1-6(2)8-7-4-3-5-10-9(7)12-11-8;1-5(2)7-6-3-9-4-10-8(6)12-11-7;/h2-9H,1H3,(H2,15,16,17);7H,3-6H2,1-2H3,(H,11,12);3-6H,1-2H3,(H,11,12);3-6H,1-2H3,(H,10,11,12);3-5H,1-2H3,(H,9,10,11,12);1H4. The van der Waals surface area contributed by atoms with E-state index in [1.54, 1.807) is 18.6 Å². The number of anilines is 2. The Morgan fingerprint density at radius 1 is 0.545 bits per heavy atom. The Labute approximate surface area is 386 Å². The summed E-state index contributed by atoms with van der Waals surface area (Å²) in [5.74, 6) is 2.81. The Kier molecular flexibility index (Phi) is 16.5. The molecule has 1 aliphatic carbocycles. The molecule has 6 N–H and O–H groups in total. The second-order valence-electron chi connectivity index (χ2n) is 17.4.